The average Bonchev–Trinajstić information content (AvgIpc) is 2.33. The van der Waals surface area contributed by atoms with Crippen molar-refractivity contribution in [3.05, 3.63) is 0 Å². The summed E-state index contributed by atoms with van der Waals surface area (Å²) < 4.78 is 0. The van der Waals surface area contributed by atoms with E-state index >= 15 is 0 Å². The van der Waals surface area contributed by atoms with Crippen LogP contribution in [0.25, 0.3) is 0 Å². The molecule has 1 aliphatic rings. The predicted octanol–water partition coefficient (Wildman–Crippen LogP) is -1.34. The summed E-state index contributed by atoms with van der Waals surface area (Å²) in [5, 5.41) is 20.7. The van der Waals surface area contributed by atoms with Gasteiger partial charge in [0.25, 0.3) is 0 Å². The van der Waals surface area contributed by atoms with Crippen LogP contribution in [0.2, 0.25) is 0 Å². The van der Waals surface area contributed by atoms with E-state index in [2.05, 4.69) is 5.32 Å². The number of amides is 1. The molecule has 6 heteroatoms. The highest BCUT2D eigenvalue weighted by Gasteiger charge is 2.20. The fourth-order valence-electron chi connectivity index (χ4n) is 2.29. The molecule has 1 saturated carbocycles. The Balaban J connectivity index is 2.26. The van der Waals surface area contributed by atoms with Crippen molar-refractivity contribution in [3.8, 4) is 0 Å². The van der Waals surface area contributed by atoms with Crippen molar-refractivity contribution in [2.45, 2.75) is 37.8 Å². The van der Waals surface area contributed by atoms with Crippen LogP contribution in [0.5, 0.6) is 0 Å². The minimum Gasteiger partial charge on any atom is -0.395 e. The predicted molar refractivity (Wildman–Crippen MR) is 69.0 cm³/mol. The Bertz CT molecular complexity index is 237. The van der Waals surface area contributed by atoms with Gasteiger partial charge in [0, 0.05) is 25.2 Å². The number of hydrogen-bond acceptors (Lipinski definition) is 5. The van der Waals surface area contributed by atoms with Crippen LogP contribution >= 0.6 is 0 Å². The maximum Gasteiger partial charge on any atom is 0.234 e. The van der Waals surface area contributed by atoms with Crippen LogP contribution in [0.4, 0.5) is 0 Å². The van der Waals surface area contributed by atoms with Crippen molar-refractivity contribution in [1.82, 2.24) is 10.2 Å². The lowest BCUT2D eigenvalue weighted by molar-refractivity contribution is -0.123. The van der Waals surface area contributed by atoms with Gasteiger partial charge in [0.15, 0.2) is 0 Å². The molecule has 0 bridgehead atoms. The molecule has 5 N–H and O–H groups in total. The number of nitrogens with one attached hydrogen (secondary N) is 1. The van der Waals surface area contributed by atoms with Gasteiger partial charge < -0.3 is 21.3 Å². The van der Waals surface area contributed by atoms with Gasteiger partial charge in [0.05, 0.1) is 19.8 Å². The molecule has 6 nitrogen and oxygen atoms in total. The smallest absolute Gasteiger partial charge is 0.234 e. The summed E-state index contributed by atoms with van der Waals surface area (Å²) in [6, 6.07) is 0.501. The standard InChI is InChI=1S/C12H25N3O3/c13-10-1-3-11(4-2-10)14-12(18)9-15(5-7-16)6-8-17/h10-11,16-17H,1-9,13H2,(H,14,18)/t10-,11-. The number of aliphatic hydroxyl groups is 2. The van der Waals surface area contributed by atoms with Gasteiger partial charge in [-0.15, -0.1) is 0 Å². The van der Waals surface area contributed by atoms with Crippen LogP contribution in [0.15, 0.2) is 0 Å². The van der Waals surface area contributed by atoms with E-state index in [1.54, 1.807) is 4.90 Å². The lowest BCUT2D eigenvalue weighted by Crippen LogP contribution is -2.45. The maximum atomic E-state index is 11.8. The topological polar surface area (TPSA) is 98.8 Å². The highest BCUT2D eigenvalue weighted by Crippen LogP contribution is 2.16. The molecule has 1 rings (SSSR count). The zero-order valence-corrected chi connectivity index (χ0v) is 10.8. The molecule has 0 radical (unpaired) electrons. The Morgan fingerprint density at radius 3 is 2.22 bits per heavy atom. The molecular formula is C12H25N3O3. The molecule has 1 aliphatic carbocycles. The third-order valence-electron chi connectivity index (χ3n) is 3.34. The number of aliphatic hydroxyl groups excluding tert-OH is 2. The number of carbonyl (C=O) groups is 1. The molecule has 1 fully saturated rings. The van der Waals surface area contributed by atoms with Crippen LogP contribution in [-0.4, -0.2) is 66.0 Å². The van der Waals surface area contributed by atoms with Crippen molar-refractivity contribution >= 4 is 5.91 Å². The molecule has 106 valence electrons. The monoisotopic (exact) mass is 259 g/mol. The summed E-state index contributed by atoms with van der Waals surface area (Å²) in [7, 11) is 0. The Morgan fingerprint density at radius 2 is 1.72 bits per heavy atom. The fourth-order valence-corrected chi connectivity index (χ4v) is 2.29. The summed E-state index contributed by atoms with van der Waals surface area (Å²) in [4.78, 5) is 13.5. The summed E-state index contributed by atoms with van der Waals surface area (Å²) in [5.41, 5.74) is 5.81. The zero-order chi connectivity index (χ0) is 13.4. The molecule has 18 heavy (non-hydrogen) atoms. The largest absolute Gasteiger partial charge is 0.395 e. The van der Waals surface area contributed by atoms with Crippen LogP contribution < -0.4 is 11.1 Å². The van der Waals surface area contributed by atoms with E-state index in [9.17, 15) is 4.79 Å². The van der Waals surface area contributed by atoms with Gasteiger partial charge in [0.2, 0.25) is 5.91 Å². The Labute approximate surface area is 108 Å². The SMILES string of the molecule is N[C@H]1CC[C@H](NC(=O)CN(CCO)CCO)CC1. The number of nitrogens with two attached hydrogens (primary N) is 1. The molecule has 0 spiro atoms. The minimum absolute atomic E-state index is 0.00837. The molecule has 0 aromatic carbocycles. The first-order valence-electron chi connectivity index (χ1n) is 6.64. The van der Waals surface area contributed by atoms with Gasteiger partial charge in [-0.3, -0.25) is 9.69 Å². The second-order valence-electron chi connectivity index (χ2n) is 4.90. The highest BCUT2D eigenvalue weighted by molar-refractivity contribution is 5.78. The van der Waals surface area contributed by atoms with E-state index in [0.29, 0.717) is 13.1 Å². The van der Waals surface area contributed by atoms with Gasteiger partial charge in [-0.05, 0) is 25.7 Å². The lowest BCUT2D eigenvalue weighted by atomic mass is 9.92. The normalized spacial score (nSPS) is 24.2. The van der Waals surface area contributed by atoms with Crippen LogP contribution in [0.3, 0.4) is 0 Å². The first-order valence-corrected chi connectivity index (χ1v) is 6.64. The summed E-state index contributed by atoms with van der Waals surface area (Å²) in [5.74, 6) is -0.0441. The van der Waals surface area contributed by atoms with Gasteiger partial charge in [-0.25, -0.2) is 0 Å². The quantitative estimate of drug-likeness (QED) is 0.453. The Morgan fingerprint density at radius 1 is 1.17 bits per heavy atom. The second-order valence-corrected chi connectivity index (χ2v) is 4.90. The number of carbonyl (C=O) groups excluding carboxylic acids is 1. The lowest BCUT2D eigenvalue weighted by Gasteiger charge is -2.28. The third kappa shape index (κ3) is 5.77. The van der Waals surface area contributed by atoms with E-state index in [-0.39, 0.29) is 37.7 Å². The molecular weight excluding hydrogens is 234 g/mol. The number of rotatable bonds is 7. The molecule has 0 aromatic heterocycles. The molecule has 0 unspecified atom stereocenters. The summed E-state index contributed by atoms with van der Waals surface area (Å²) in [6.07, 6.45) is 3.80. The van der Waals surface area contributed by atoms with Crippen molar-refractivity contribution in [2.24, 2.45) is 5.73 Å². The van der Waals surface area contributed by atoms with Crippen molar-refractivity contribution < 1.29 is 15.0 Å². The second kappa shape index (κ2) is 8.42. The summed E-state index contributed by atoms with van der Waals surface area (Å²) >= 11 is 0. The minimum atomic E-state index is -0.0441. The molecule has 1 amide bonds. The van der Waals surface area contributed by atoms with Crippen molar-refractivity contribution in [2.75, 3.05) is 32.8 Å². The fraction of sp³-hybridized carbons (Fsp3) is 0.917. The van der Waals surface area contributed by atoms with Gasteiger partial charge in [-0.2, -0.15) is 0 Å². The molecule has 0 heterocycles. The van der Waals surface area contributed by atoms with E-state index in [1.807, 2.05) is 0 Å². The molecule has 0 aliphatic heterocycles. The Kier molecular flexibility index (Phi) is 7.19. The van der Waals surface area contributed by atoms with Gasteiger partial charge >= 0.3 is 0 Å². The van der Waals surface area contributed by atoms with E-state index in [0.717, 1.165) is 25.7 Å². The molecule has 0 atom stereocenters. The van der Waals surface area contributed by atoms with Crippen molar-refractivity contribution in [3.63, 3.8) is 0 Å². The molecule has 0 saturated heterocycles. The highest BCUT2D eigenvalue weighted by atomic mass is 16.3. The average molecular weight is 259 g/mol. The Hall–Kier alpha value is -0.690. The molecule has 0 aromatic rings. The van der Waals surface area contributed by atoms with Crippen molar-refractivity contribution in [1.29, 1.82) is 0 Å². The zero-order valence-electron chi connectivity index (χ0n) is 10.8. The van der Waals surface area contributed by atoms with Gasteiger partial charge in [-0.1, -0.05) is 0 Å². The van der Waals surface area contributed by atoms with E-state index in [4.69, 9.17) is 15.9 Å². The summed E-state index contributed by atoms with van der Waals surface area (Å²) in [6.45, 7) is 1.02. The first-order chi connectivity index (χ1) is 8.65. The van der Waals surface area contributed by atoms with E-state index < -0.39 is 0 Å². The first kappa shape index (κ1) is 15.4. The number of hydrogen-bond donors (Lipinski definition) is 4. The van der Waals surface area contributed by atoms with E-state index in [1.165, 1.54) is 0 Å². The van der Waals surface area contributed by atoms with Crippen LogP contribution in [0.1, 0.15) is 25.7 Å². The maximum absolute atomic E-state index is 11.8. The van der Waals surface area contributed by atoms with Crippen LogP contribution in [-0.2, 0) is 4.79 Å². The van der Waals surface area contributed by atoms with Crippen LogP contribution in [0, 0.1) is 0 Å². The van der Waals surface area contributed by atoms with Gasteiger partial charge in [0.1, 0.15) is 0 Å². The number of nitrogens with zero attached hydrogens (tertiary/aromatic N) is 1. The third-order valence-corrected chi connectivity index (χ3v) is 3.34.